The second-order valence-corrected chi connectivity index (χ2v) is 11.4. The normalized spacial score (nSPS) is 12.8. The maximum atomic E-state index is 14.9. The third kappa shape index (κ3) is 11.8. The Morgan fingerprint density at radius 3 is 2.43 bits per heavy atom. The molecular weight excluding hydrogens is 615 g/mol. The highest BCUT2D eigenvalue weighted by molar-refractivity contribution is 7.83. The van der Waals surface area contributed by atoms with Crippen LogP contribution in [0, 0.1) is 5.82 Å². The molecule has 0 bridgehead atoms. The highest BCUT2D eigenvalue weighted by atomic mass is 32.2. The van der Waals surface area contributed by atoms with Crippen LogP contribution in [0.15, 0.2) is 71.7 Å². The average molecular weight is 666 g/mol. The Hall–Kier alpha value is -3.84. The molecule has 0 spiro atoms. The van der Waals surface area contributed by atoms with Gasteiger partial charge in [0.15, 0.2) is 0 Å². The summed E-state index contributed by atoms with van der Waals surface area (Å²) >= 11 is 0. The molecule has 3 rings (SSSR count). The number of aromatic nitrogens is 3. The first kappa shape index (κ1) is 40.2. The van der Waals surface area contributed by atoms with Crippen LogP contribution in [0.25, 0.3) is 10.8 Å². The molecule has 256 valence electrons. The summed E-state index contributed by atoms with van der Waals surface area (Å²) in [6, 6.07) is 4.08. The lowest BCUT2D eigenvalue weighted by atomic mass is 9.99. The van der Waals surface area contributed by atoms with Crippen LogP contribution >= 0.6 is 0 Å². The molecule has 0 aliphatic rings. The first-order chi connectivity index (χ1) is 22.1. The van der Waals surface area contributed by atoms with Gasteiger partial charge >= 0.3 is 0 Å². The van der Waals surface area contributed by atoms with Gasteiger partial charge in [0.2, 0.25) is 0 Å². The van der Waals surface area contributed by atoms with Crippen LogP contribution < -0.4 is 25.8 Å². The van der Waals surface area contributed by atoms with Crippen molar-refractivity contribution in [2.45, 2.75) is 46.6 Å². The first-order valence-corrected chi connectivity index (χ1v) is 16.6. The fraction of sp³-hybridized carbons (Fsp3) is 0.455. The van der Waals surface area contributed by atoms with E-state index in [-0.39, 0.29) is 23.1 Å². The number of rotatable bonds is 16. The third-order valence-corrected chi connectivity index (χ3v) is 7.78. The molecule has 0 aliphatic heterocycles. The lowest BCUT2D eigenvalue weighted by Crippen LogP contribution is -2.34. The molecule has 0 aliphatic carbocycles. The zero-order chi connectivity index (χ0) is 34.8. The topological polar surface area (TPSA) is 96.2 Å². The quantitative estimate of drug-likeness (QED) is 0.125. The van der Waals surface area contributed by atoms with E-state index in [2.05, 4.69) is 38.9 Å². The minimum absolute atomic E-state index is 0.0705. The molecule has 1 aromatic carbocycles. The van der Waals surface area contributed by atoms with Crippen molar-refractivity contribution in [2.75, 3.05) is 49.8 Å². The minimum Gasteiger partial charge on any atom is -0.381 e. The number of pyridine rings is 1. The second kappa shape index (κ2) is 21.0. The molecule has 2 aromatic heterocycles. The van der Waals surface area contributed by atoms with E-state index in [0.717, 1.165) is 12.1 Å². The average Bonchev–Trinajstić information content (AvgIpc) is 3.47. The van der Waals surface area contributed by atoms with Gasteiger partial charge < -0.3 is 15.5 Å². The van der Waals surface area contributed by atoms with Crippen molar-refractivity contribution in [1.29, 1.82) is 0 Å². The van der Waals surface area contributed by atoms with Crippen LogP contribution in [0.4, 0.5) is 24.7 Å². The van der Waals surface area contributed by atoms with Crippen molar-refractivity contribution in [1.82, 2.24) is 24.4 Å². The highest BCUT2D eigenvalue weighted by Gasteiger charge is 2.19. The zero-order valence-corrected chi connectivity index (χ0v) is 29.1. The SMILES string of the molecule is C=CC/C(F)=C\C=C(/CS(=O)NC)N[C@H](C)c1cc(F)cc2c(=O)n(C)c(N(CCC)CCNc3cnn(C)c3)cc12.CC.CF. The lowest BCUT2D eigenvalue weighted by Gasteiger charge is -2.28. The molecule has 0 saturated carbocycles. The van der Waals surface area contributed by atoms with E-state index < -0.39 is 28.7 Å². The Morgan fingerprint density at radius 1 is 1.15 bits per heavy atom. The Morgan fingerprint density at radius 2 is 1.85 bits per heavy atom. The summed E-state index contributed by atoms with van der Waals surface area (Å²) in [4.78, 5) is 15.7. The molecule has 3 N–H and O–H groups in total. The van der Waals surface area contributed by atoms with Gasteiger partial charge in [-0.2, -0.15) is 5.10 Å². The van der Waals surface area contributed by atoms with Crippen LogP contribution in [-0.4, -0.2) is 58.2 Å². The zero-order valence-electron chi connectivity index (χ0n) is 28.3. The Balaban J connectivity index is 0.00000254. The molecule has 0 amide bonds. The molecule has 3 aromatic rings. The molecule has 2 heterocycles. The maximum Gasteiger partial charge on any atom is 0.259 e. The van der Waals surface area contributed by atoms with Crippen molar-refractivity contribution >= 4 is 33.3 Å². The van der Waals surface area contributed by atoms with Gasteiger partial charge in [-0.25, -0.2) is 17.7 Å². The van der Waals surface area contributed by atoms with E-state index in [4.69, 9.17) is 0 Å². The molecular formula is C33H50F3N7O2S. The van der Waals surface area contributed by atoms with Crippen molar-refractivity contribution in [3.05, 3.63) is 88.7 Å². The van der Waals surface area contributed by atoms with Gasteiger partial charge in [0.25, 0.3) is 5.56 Å². The summed E-state index contributed by atoms with van der Waals surface area (Å²) in [5, 5.41) is 11.7. The molecule has 13 heteroatoms. The summed E-state index contributed by atoms with van der Waals surface area (Å²) in [6.45, 7) is 13.4. The number of anilines is 2. The number of nitrogens with zero attached hydrogens (tertiary/aromatic N) is 4. The number of halogens is 3. The Kier molecular flexibility index (Phi) is 18.4. The number of aryl methyl sites for hydroxylation is 1. The van der Waals surface area contributed by atoms with Crippen LogP contribution in [0.5, 0.6) is 0 Å². The van der Waals surface area contributed by atoms with E-state index in [1.54, 1.807) is 29.5 Å². The molecule has 0 saturated heterocycles. The van der Waals surface area contributed by atoms with Gasteiger partial charge in [0.1, 0.15) is 17.5 Å². The van der Waals surface area contributed by atoms with Crippen molar-refractivity contribution in [3.63, 3.8) is 0 Å². The maximum absolute atomic E-state index is 14.9. The lowest BCUT2D eigenvalue weighted by molar-refractivity contribution is 0.610. The molecule has 9 nitrogen and oxygen atoms in total. The smallest absolute Gasteiger partial charge is 0.259 e. The van der Waals surface area contributed by atoms with Crippen LogP contribution in [-0.2, 0) is 25.1 Å². The minimum atomic E-state index is -1.41. The van der Waals surface area contributed by atoms with E-state index >= 15 is 0 Å². The number of benzene rings is 1. The molecule has 0 fully saturated rings. The number of alkyl halides is 1. The molecule has 2 atom stereocenters. The number of hydrogen-bond acceptors (Lipinski definition) is 6. The number of allylic oxidation sites excluding steroid dienone is 4. The summed E-state index contributed by atoms with van der Waals surface area (Å²) in [7, 11) is 4.20. The summed E-state index contributed by atoms with van der Waals surface area (Å²) in [6.07, 6.45) is 8.85. The Bertz CT molecular complexity index is 1540. The molecule has 1 unspecified atom stereocenters. The van der Waals surface area contributed by atoms with Gasteiger partial charge in [-0.05, 0) is 61.7 Å². The first-order valence-electron chi connectivity index (χ1n) is 15.2. The van der Waals surface area contributed by atoms with E-state index in [9.17, 15) is 22.2 Å². The van der Waals surface area contributed by atoms with Crippen LogP contribution in [0.1, 0.15) is 52.1 Å². The highest BCUT2D eigenvalue weighted by Crippen LogP contribution is 2.28. The third-order valence-electron chi connectivity index (χ3n) is 6.75. The van der Waals surface area contributed by atoms with Crippen LogP contribution in [0.2, 0.25) is 0 Å². The molecule has 0 radical (unpaired) electrons. The monoisotopic (exact) mass is 665 g/mol. The van der Waals surface area contributed by atoms with Gasteiger partial charge in [0, 0.05) is 58.1 Å². The van der Waals surface area contributed by atoms with Gasteiger partial charge in [-0.3, -0.25) is 18.4 Å². The van der Waals surface area contributed by atoms with E-state index in [0.29, 0.717) is 49.3 Å². The van der Waals surface area contributed by atoms with Gasteiger partial charge in [-0.15, -0.1) is 6.58 Å². The summed E-state index contributed by atoms with van der Waals surface area (Å²) in [5.41, 5.74) is 1.65. The van der Waals surface area contributed by atoms with Crippen molar-refractivity contribution in [3.8, 4) is 0 Å². The summed E-state index contributed by atoms with van der Waals surface area (Å²) < 4.78 is 56.7. The Labute approximate surface area is 273 Å². The largest absolute Gasteiger partial charge is 0.381 e. The van der Waals surface area contributed by atoms with Crippen LogP contribution in [0.3, 0.4) is 0 Å². The fourth-order valence-corrected chi connectivity index (χ4v) is 5.32. The predicted molar refractivity (Wildman–Crippen MR) is 187 cm³/mol. The second-order valence-electron chi connectivity index (χ2n) is 10.00. The number of nitrogens with one attached hydrogen (secondary N) is 3. The fourth-order valence-electron chi connectivity index (χ4n) is 4.71. The predicted octanol–water partition coefficient (Wildman–Crippen LogP) is 6.20. The summed E-state index contributed by atoms with van der Waals surface area (Å²) in [5.74, 6) is -0.148. The van der Waals surface area contributed by atoms with E-state index in [1.807, 2.05) is 40.1 Å². The van der Waals surface area contributed by atoms with Gasteiger partial charge in [0.05, 0.1) is 41.2 Å². The van der Waals surface area contributed by atoms with Crippen molar-refractivity contribution in [2.24, 2.45) is 14.1 Å². The number of hydrogen-bond donors (Lipinski definition) is 3. The standard InChI is InChI=1S/C30H41F2N7O2S.C2H6.CH3F/c1-7-9-22(31)10-11-24(20-42(41)33-4)36-21(3)26-15-23(32)16-28-27(26)17-29(38(6)30(28)40)39(13-8-2)14-12-34-25-18-35-37(5)19-25;2*1-2/h7,10-11,15-19,21,33-34,36H,1,8-9,12-14,20H2,2-6H3;1-2H3;1H3/b22-10+,24-11+;;/t21-,42?;;/m1../s1. The molecule has 46 heavy (non-hydrogen) atoms. The van der Waals surface area contributed by atoms with Gasteiger partial charge in [-0.1, -0.05) is 26.8 Å². The van der Waals surface area contributed by atoms with Crippen molar-refractivity contribution < 1.29 is 17.4 Å². The van der Waals surface area contributed by atoms with E-state index in [1.165, 1.54) is 30.4 Å². The number of fused-ring (bicyclic) bond motifs is 1.